The van der Waals surface area contributed by atoms with Crippen LogP contribution in [0.15, 0.2) is 83.3 Å². The Morgan fingerprint density at radius 3 is 2.60 bits per heavy atom. The smallest absolute Gasteiger partial charge is 0.174 e. The summed E-state index contributed by atoms with van der Waals surface area (Å²) in [7, 11) is 2.06. The van der Waals surface area contributed by atoms with Gasteiger partial charge in [-0.1, -0.05) is 54.6 Å². The van der Waals surface area contributed by atoms with Crippen LogP contribution in [0.5, 0.6) is 0 Å². The predicted octanol–water partition coefficient (Wildman–Crippen LogP) is 6.30. The molecule has 1 aromatic heterocycles. The lowest BCUT2D eigenvalue weighted by molar-refractivity contribution is 0.0929. The maximum atomic E-state index is 13.2. The number of carbonyl (C=O) groups excluding carboxylic acids is 1. The summed E-state index contributed by atoms with van der Waals surface area (Å²) in [5.41, 5.74) is 6.81. The Bertz CT molecular complexity index is 1410. The molecule has 1 aliphatic carbocycles. The molecule has 0 N–H and O–H groups in total. The van der Waals surface area contributed by atoms with Crippen molar-refractivity contribution in [2.75, 3.05) is 11.9 Å². The zero-order valence-corrected chi connectivity index (χ0v) is 16.9. The van der Waals surface area contributed by atoms with Crippen molar-refractivity contribution in [3.05, 3.63) is 90.0 Å². The molecule has 0 saturated carbocycles. The van der Waals surface area contributed by atoms with E-state index in [0.717, 1.165) is 49.9 Å². The van der Waals surface area contributed by atoms with Gasteiger partial charge in [0.25, 0.3) is 0 Å². The molecule has 2 heterocycles. The number of benzene rings is 3. The van der Waals surface area contributed by atoms with Gasteiger partial charge in [0.1, 0.15) is 11.2 Å². The molecule has 1 aliphatic heterocycles. The van der Waals surface area contributed by atoms with Crippen LogP contribution in [0, 0.1) is 12.8 Å². The first-order valence-corrected chi connectivity index (χ1v) is 10.3. The Balaban J connectivity index is 1.48. The maximum absolute atomic E-state index is 13.2. The van der Waals surface area contributed by atoms with Gasteiger partial charge in [-0.05, 0) is 47.9 Å². The number of allylic oxidation sites excluding steroid dienone is 2. The van der Waals surface area contributed by atoms with Crippen molar-refractivity contribution in [2.45, 2.75) is 13.0 Å². The highest BCUT2D eigenvalue weighted by Crippen LogP contribution is 2.39. The van der Waals surface area contributed by atoms with Gasteiger partial charge >= 0.3 is 0 Å². The second-order valence-corrected chi connectivity index (χ2v) is 8.26. The molecule has 2 atom stereocenters. The number of rotatable bonds is 1. The second-order valence-electron chi connectivity index (χ2n) is 8.26. The third kappa shape index (κ3) is 2.35. The summed E-state index contributed by atoms with van der Waals surface area (Å²) in [6, 6.07) is 18.8. The fourth-order valence-electron chi connectivity index (χ4n) is 4.89. The normalized spacial score (nSPS) is 20.1. The molecule has 2 aliphatic rings. The maximum Gasteiger partial charge on any atom is 0.174 e. The average Bonchev–Trinajstić information content (AvgIpc) is 3.16. The number of hydrogen-bond acceptors (Lipinski definition) is 3. The molecule has 146 valence electrons. The van der Waals surface area contributed by atoms with Crippen LogP contribution >= 0.6 is 0 Å². The Morgan fingerprint density at radius 1 is 0.900 bits per heavy atom. The van der Waals surface area contributed by atoms with Crippen LogP contribution in [0.1, 0.15) is 15.9 Å². The number of para-hydroxylation sites is 1. The number of furan rings is 1. The van der Waals surface area contributed by atoms with E-state index in [2.05, 4.69) is 73.5 Å². The number of carbonyl (C=O) groups is 1. The van der Waals surface area contributed by atoms with Gasteiger partial charge in [0, 0.05) is 29.1 Å². The molecule has 2 unspecified atom stereocenters. The van der Waals surface area contributed by atoms with Crippen molar-refractivity contribution in [1.82, 2.24) is 0 Å². The van der Waals surface area contributed by atoms with E-state index in [4.69, 9.17) is 4.42 Å². The first-order valence-electron chi connectivity index (χ1n) is 10.3. The molecular weight excluding hydrogens is 370 g/mol. The molecule has 0 spiro atoms. The molecule has 30 heavy (non-hydrogen) atoms. The Hall–Kier alpha value is -3.59. The van der Waals surface area contributed by atoms with E-state index >= 15 is 0 Å². The van der Waals surface area contributed by atoms with Crippen molar-refractivity contribution in [1.29, 1.82) is 0 Å². The van der Waals surface area contributed by atoms with Crippen LogP contribution in [0.2, 0.25) is 0 Å². The fourth-order valence-corrected chi connectivity index (χ4v) is 4.89. The quantitative estimate of drug-likeness (QED) is 0.381. The Labute approximate surface area is 174 Å². The number of aryl methyl sites for hydroxylation is 1. The van der Waals surface area contributed by atoms with Gasteiger partial charge in [-0.25, -0.2) is 0 Å². The summed E-state index contributed by atoms with van der Waals surface area (Å²) in [6.45, 7) is 2.07. The zero-order chi connectivity index (χ0) is 20.4. The first kappa shape index (κ1) is 17.3. The van der Waals surface area contributed by atoms with E-state index < -0.39 is 0 Å². The monoisotopic (exact) mass is 391 g/mol. The minimum atomic E-state index is -0.122. The molecule has 3 aromatic carbocycles. The van der Waals surface area contributed by atoms with Crippen molar-refractivity contribution in [3.8, 4) is 11.1 Å². The number of nitrogens with zero attached hydrogens (tertiary/aromatic N) is 1. The molecule has 0 saturated heterocycles. The molecule has 4 aromatic rings. The van der Waals surface area contributed by atoms with E-state index in [1.807, 2.05) is 24.3 Å². The van der Waals surface area contributed by atoms with E-state index in [9.17, 15) is 4.79 Å². The molecule has 0 radical (unpaired) electrons. The van der Waals surface area contributed by atoms with E-state index in [1.54, 1.807) is 0 Å². The Kier molecular flexibility index (Phi) is 3.57. The molecule has 0 fully saturated rings. The lowest BCUT2D eigenvalue weighted by Gasteiger charge is -2.39. The van der Waals surface area contributed by atoms with Gasteiger partial charge in [-0.15, -0.1) is 0 Å². The van der Waals surface area contributed by atoms with Crippen LogP contribution in [-0.4, -0.2) is 18.9 Å². The fraction of sp³-hybridized carbons (Fsp3) is 0.148. The highest BCUT2D eigenvalue weighted by Gasteiger charge is 2.36. The van der Waals surface area contributed by atoms with Gasteiger partial charge in [0.15, 0.2) is 5.78 Å². The van der Waals surface area contributed by atoms with Crippen LogP contribution in [0.4, 0.5) is 5.69 Å². The number of fused-ring (bicyclic) bond motifs is 5. The molecule has 3 heteroatoms. The number of Topliss-reactive ketones (excluding diaryl/α,β-unsaturated/α-hetero) is 1. The van der Waals surface area contributed by atoms with Crippen LogP contribution in [0.25, 0.3) is 33.1 Å². The minimum Gasteiger partial charge on any atom is -0.456 e. The summed E-state index contributed by atoms with van der Waals surface area (Å²) in [4.78, 5) is 15.4. The van der Waals surface area contributed by atoms with E-state index in [1.165, 1.54) is 0 Å². The zero-order valence-electron chi connectivity index (χ0n) is 16.9. The largest absolute Gasteiger partial charge is 0.456 e. The lowest BCUT2D eigenvalue weighted by atomic mass is 9.81. The first-order chi connectivity index (χ1) is 14.6. The average molecular weight is 391 g/mol. The molecule has 3 nitrogen and oxygen atoms in total. The van der Waals surface area contributed by atoms with E-state index in [0.29, 0.717) is 0 Å². The number of likely N-dealkylation sites (N-methyl/N-ethyl adjacent to an activating group) is 1. The van der Waals surface area contributed by atoms with Crippen molar-refractivity contribution in [3.63, 3.8) is 0 Å². The molecule has 0 amide bonds. The molecule has 6 rings (SSSR count). The minimum absolute atomic E-state index is 0.0935. The van der Waals surface area contributed by atoms with Crippen LogP contribution in [-0.2, 0) is 0 Å². The number of ketones is 1. The van der Waals surface area contributed by atoms with Crippen molar-refractivity contribution in [2.24, 2.45) is 5.92 Å². The summed E-state index contributed by atoms with van der Waals surface area (Å²) >= 11 is 0. The summed E-state index contributed by atoms with van der Waals surface area (Å²) in [6.07, 6.45) is 8.12. The SMILES string of the molecule is Cc1cccc2c1oc1cc(-c3ccc4c(c3)C(=O)C3C=CC=CC3N4C)ccc12. The summed E-state index contributed by atoms with van der Waals surface area (Å²) in [5, 5.41) is 2.26. The van der Waals surface area contributed by atoms with Gasteiger partial charge in [-0.2, -0.15) is 0 Å². The number of hydrogen-bond donors (Lipinski definition) is 0. The topological polar surface area (TPSA) is 33.5 Å². The third-order valence-corrected chi connectivity index (χ3v) is 6.53. The second kappa shape index (κ2) is 6.20. The van der Waals surface area contributed by atoms with Crippen LogP contribution in [0.3, 0.4) is 0 Å². The lowest BCUT2D eigenvalue weighted by Crippen LogP contribution is -2.45. The van der Waals surface area contributed by atoms with Crippen molar-refractivity contribution < 1.29 is 9.21 Å². The van der Waals surface area contributed by atoms with Gasteiger partial charge in [-0.3, -0.25) is 4.79 Å². The van der Waals surface area contributed by atoms with E-state index in [-0.39, 0.29) is 17.7 Å². The molecular formula is C27H21NO2. The van der Waals surface area contributed by atoms with Crippen LogP contribution < -0.4 is 4.90 Å². The molecule has 0 bridgehead atoms. The highest BCUT2D eigenvalue weighted by molar-refractivity contribution is 6.09. The van der Waals surface area contributed by atoms with Gasteiger partial charge in [0.05, 0.1) is 12.0 Å². The predicted molar refractivity (Wildman–Crippen MR) is 122 cm³/mol. The highest BCUT2D eigenvalue weighted by atomic mass is 16.3. The van der Waals surface area contributed by atoms with Gasteiger partial charge in [0.2, 0.25) is 0 Å². The van der Waals surface area contributed by atoms with Crippen molar-refractivity contribution >= 4 is 33.4 Å². The third-order valence-electron chi connectivity index (χ3n) is 6.53. The summed E-state index contributed by atoms with van der Waals surface area (Å²) < 4.78 is 6.17. The standard InChI is InChI=1S/C27H21NO2/c1-16-6-5-8-20-19-12-10-18(15-25(19)30-27(16)20)17-11-13-24-22(14-17)26(29)21-7-3-4-9-23(21)28(24)2/h3-15,21,23H,1-2H3. The summed E-state index contributed by atoms with van der Waals surface area (Å²) in [5.74, 6) is 0.0690. The Morgan fingerprint density at radius 2 is 1.70 bits per heavy atom. The number of anilines is 1. The van der Waals surface area contributed by atoms with Gasteiger partial charge < -0.3 is 9.32 Å².